The van der Waals surface area contributed by atoms with E-state index in [-0.39, 0.29) is 0 Å². The van der Waals surface area contributed by atoms with Gasteiger partial charge in [-0.1, -0.05) is 5.21 Å². The molecule has 22 heavy (non-hydrogen) atoms. The first-order valence-electron chi connectivity index (χ1n) is 7.71. The Morgan fingerprint density at radius 3 is 2.68 bits per heavy atom. The van der Waals surface area contributed by atoms with Gasteiger partial charge < -0.3 is 9.15 Å². The van der Waals surface area contributed by atoms with Crippen molar-refractivity contribution in [3.8, 4) is 0 Å². The molecule has 1 aliphatic heterocycles. The van der Waals surface area contributed by atoms with Crippen molar-refractivity contribution in [2.24, 2.45) is 0 Å². The average molecular weight is 305 g/mol. The minimum Gasteiger partial charge on any atom is -0.444 e. The normalized spacial score (nSPS) is 17.2. The summed E-state index contributed by atoms with van der Waals surface area (Å²) in [4.78, 5) is 6.76. The van der Waals surface area contributed by atoms with Crippen LogP contribution in [0.4, 0.5) is 0 Å². The standard InChI is InChI=1S/C15H23N5O2/c1-11-12(2)22-15(16-11)10-20-9-13(17-18-20)8-19-6-4-14(21-3)5-7-19/h9,14H,4-8,10H2,1-3H3. The second-order valence-electron chi connectivity index (χ2n) is 5.87. The van der Waals surface area contributed by atoms with E-state index in [2.05, 4.69) is 20.2 Å². The van der Waals surface area contributed by atoms with Gasteiger partial charge in [0.25, 0.3) is 0 Å². The van der Waals surface area contributed by atoms with Crippen LogP contribution in [-0.2, 0) is 17.8 Å². The highest BCUT2D eigenvalue weighted by Gasteiger charge is 2.19. The molecule has 7 heteroatoms. The summed E-state index contributed by atoms with van der Waals surface area (Å²) in [5.74, 6) is 1.53. The van der Waals surface area contributed by atoms with Crippen LogP contribution in [0.2, 0.25) is 0 Å². The summed E-state index contributed by atoms with van der Waals surface area (Å²) in [5.41, 5.74) is 1.91. The van der Waals surface area contributed by atoms with Crippen molar-refractivity contribution in [1.29, 1.82) is 0 Å². The maximum atomic E-state index is 5.58. The lowest BCUT2D eigenvalue weighted by atomic mass is 10.1. The van der Waals surface area contributed by atoms with Crippen LogP contribution in [0.5, 0.6) is 0 Å². The molecule has 1 aliphatic rings. The Bertz CT molecular complexity index is 594. The highest BCUT2D eigenvalue weighted by Crippen LogP contribution is 2.15. The van der Waals surface area contributed by atoms with Crippen LogP contribution >= 0.6 is 0 Å². The van der Waals surface area contributed by atoms with Gasteiger partial charge in [-0.15, -0.1) is 5.10 Å². The summed E-state index contributed by atoms with van der Waals surface area (Å²) in [7, 11) is 1.79. The molecule has 0 spiro atoms. The quantitative estimate of drug-likeness (QED) is 0.834. The summed E-state index contributed by atoms with van der Waals surface area (Å²) in [6.07, 6.45) is 4.54. The topological polar surface area (TPSA) is 69.2 Å². The van der Waals surface area contributed by atoms with Crippen molar-refractivity contribution in [3.05, 3.63) is 29.2 Å². The van der Waals surface area contributed by atoms with Crippen molar-refractivity contribution in [2.45, 2.75) is 45.9 Å². The third-order valence-electron chi connectivity index (χ3n) is 4.21. The Morgan fingerprint density at radius 2 is 2.05 bits per heavy atom. The van der Waals surface area contributed by atoms with Crippen LogP contribution in [0.15, 0.2) is 10.6 Å². The highest BCUT2D eigenvalue weighted by molar-refractivity contribution is 5.05. The molecule has 3 heterocycles. The van der Waals surface area contributed by atoms with Crippen molar-refractivity contribution < 1.29 is 9.15 Å². The Morgan fingerprint density at radius 1 is 1.27 bits per heavy atom. The van der Waals surface area contributed by atoms with E-state index in [9.17, 15) is 0 Å². The minimum absolute atomic E-state index is 0.406. The molecule has 0 saturated carbocycles. The molecule has 7 nitrogen and oxygen atoms in total. The molecule has 1 saturated heterocycles. The fourth-order valence-corrected chi connectivity index (χ4v) is 2.77. The number of likely N-dealkylation sites (tertiary alicyclic amines) is 1. The predicted octanol–water partition coefficient (Wildman–Crippen LogP) is 1.54. The molecule has 0 atom stereocenters. The molecule has 0 aromatic carbocycles. The Labute approximate surface area is 130 Å². The van der Waals surface area contributed by atoms with E-state index in [0.29, 0.717) is 18.5 Å². The van der Waals surface area contributed by atoms with Gasteiger partial charge in [0.2, 0.25) is 5.89 Å². The van der Waals surface area contributed by atoms with Crippen LogP contribution in [0, 0.1) is 13.8 Å². The number of methoxy groups -OCH3 is 1. The summed E-state index contributed by atoms with van der Waals surface area (Å²) in [6.45, 7) is 7.31. The molecule has 3 rings (SSSR count). The van der Waals surface area contributed by atoms with Crippen molar-refractivity contribution in [2.75, 3.05) is 20.2 Å². The van der Waals surface area contributed by atoms with E-state index in [0.717, 1.165) is 49.6 Å². The fraction of sp³-hybridized carbons (Fsp3) is 0.667. The van der Waals surface area contributed by atoms with E-state index in [4.69, 9.17) is 9.15 Å². The van der Waals surface area contributed by atoms with Gasteiger partial charge in [-0.05, 0) is 26.7 Å². The Kier molecular flexibility index (Phi) is 4.54. The van der Waals surface area contributed by atoms with Crippen molar-refractivity contribution in [1.82, 2.24) is 24.9 Å². The fourth-order valence-electron chi connectivity index (χ4n) is 2.77. The zero-order valence-corrected chi connectivity index (χ0v) is 13.4. The number of hydrogen-bond acceptors (Lipinski definition) is 6. The molecule has 0 N–H and O–H groups in total. The van der Waals surface area contributed by atoms with Crippen molar-refractivity contribution >= 4 is 0 Å². The Hall–Kier alpha value is -1.73. The van der Waals surface area contributed by atoms with Crippen LogP contribution in [0.1, 0.15) is 35.9 Å². The first-order chi connectivity index (χ1) is 10.6. The monoisotopic (exact) mass is 305 g/mol. The van der Waals surface area contributed by atoms with E-state index in [1.54, 1.807) is 11.8 Å². The first-order valence-corrected chi connectivity index (χ1v) is 7.71. The maximum Gasteiger partial charge on any atom is 0.216 e. The van der Waals surface area contributed by atoms with E-state index in [1.807, 2.05) is 20.0 Å². The average Bonchev–Trinajstić information content (AvgIpc) is 3.07. The summed E-state index contributed by atoms with van der Waals surface area (Å²) < 4.78 is 12.8. The molecular weight excluding hydrogens is 282 g/mol. The Balaban J connectivity index is 1.55. The van der Waals surface area contributed by atoms with Gasteiger partial charge in [-0.3, -0.25) is 4.90 Å². The summed E-state index contributed by atoms with van der Waals surface area (Å²) in [5, 5.41) is 8.41. The molecular formula is C15H23N5O2. The number of nitrogens with zero attached hydrogens (tertiary/aromatic N) is 5. The lowest BCUT2D eigenvalue weighted by Crippen LogP contribution is -2.36. The summed E-state index contributed by atoms with van der Waals surface area (Å²) in [6, 6.07) is 0. The van der Waals surface area contributed by atoms with Gasteiger partial charge in [0.15, 0.2) is 0 Å². The maximum absolute atomic E-state index is 5.58. The second-order valence-corrected chi connectivity index (χ2v) is 5.87. The smallest absolute Gasteiger partial charge is 0.216 e. The number of ether oxygens (including phenoxy) is 1. The first kappa shape index (κ1) is 15.2. The third-order valence-corrected chi connectivity index (χ3v) is 4.21. The number of aryl methyl sites for hydroxylation is 2. The molecule has 0 radical (unpaired) electrons. The van der Waals surface area contributed by atoms with Gasteiger partial charge in [-0.2, -0.15) is 0 Å². The molecule has 0 aliphatic carbocycles. The van der Waals surface area contributed by atoms with Crippen LogP contribution in [0.3, 0.4) is 0 Å². The van der Waals surface area contributed by atoms with Gasteiger partial charge in [0.05, 0.1) is 23.7 Å². The van der Waals surface area contributed by atoms with E-state index in [1.165, 1.54) is 0 Å². The molecule has 2 aromatic heterocycles. The van der Waals surface area contributed by atoms with Crippen LogP contribution in [-0.4, -0.2) is 51.2 Å². The molecule has 2 aromatic rings. The van der Waals surface area contributed by atoms with Gasteiger partial charge >= 0.3 is 0 Å². The number of rotatable bonds is 5. The highest BCUT2D eigenvalue weighted by atomic mass is 16.5. The zero-order valence-electron chi connectivity index (χ0n) is 13.4. The number of hydrogen-bond donors (Lipinski definition) is 0. The lowest BCUT2D eigenvalue weighted by Gasteiger charge is -2.30. The number of oxazole rings is 1. The van der Waals surface area contributed by atoms with Crippen LogP contribution in [0.25, 0.3) is 0 Å². The second kappa shape index (κ2) is 6.58. The number of aromatic nitrogens is 4. The van der Waals surface area contributed by atoms with Gasteiger partial charge in [-0.25, -0.2) is 9.67 Å². The van der Waals surface area contributed by atoms with Crippen LogP contribution < -0.4 is 0 Å². The van der Waals surface area contributed by atoms with Gasteiger partial charge in [0, 0.05) is 26.7 Å². The zero-order chi connectivity index (χ0) is 15.5. The molecule has 0 bridgehead atoms. The SMILES string of the molecule is COC1CCN(Cc2cn(Cc3nc(C)c(C)o3)nn2)CC1. The minimum atomic E-state index is 0.406. The van der Waals surface area contributed by atoms with Gasteiger partial charge in [0.1, 0.15) is 12.3 Å². The molecule has 0 unspecified atom stereocenters. The third kappa shape index (κ3) is 3.53. The summed E-state index contributed by atoms with van der Waals surface area (Å²) >= 11 is 0. The van der Waals surface area contributed by atoms with E-state index >= 15 is 0 Å². The largest absolute Gasteiger partial charge is 0.444 e. The molecule has 120 valence electrons. The lowest BCUT2D eigenvalue weighted by molar-refractivity contribution is 0.0385. The molecule has 1 fully saturated rings. The molecule has 0 amide bonds. The predicted molar refractivity (Wildman–Crippen MR) is 80.4 cm³/mol. The number of piperidine rings is 1. The van der Waals surface area contributed by atoms with Crippen molar-refractivity contribution in [3.63, 3.8) is 0 Å². The van der Waals surface area contributed by atoms with E-state index < -0.39 is 0 Å².